The first-order chi connectivity index (χ1) is 5.90. The largest absolute Gasteiger partial charge is 0.322 e. The van der Waals surface area contributed by atoms with Crippen LogP contribution in [-0.4, -0.2) is 21.3 Å². The molecule has 0 saturated carbocycles. The van der Waals surface area contributed by atoms with Crippen molar-refractivity contribution in [3.63, 3.8) is 0 Å². The number of imidazole rings is 1. The van der Waals surface area contributed by atoms with Crippen LogP contribution in [0.4, 0.5) is 8.78 Å². The van der Waals surface area contributed by atoms with Gasteiger partial charge in [-0.1, -0.05) is 0 Å². The Bertz CT molecular complexity index is 314. The van der Waals surface area contributed by atoms with Gasteiger partial charge in [-0.3, -0.25) is 4.79 Å². The molecule has 0 amide bonds. The van der Waals surface area contributed by atoms with Crippen LogP contribution in [-0.2, 0) is 6.54 Å². The molecule has 0 spiro atoms. The Morgan fingerprint density at radius 3 is 2.77 bits per heavy atom. The van der Waals surface area contributed by atoms with Gasteiger partial charge in [0.25, 0.3) is 5.92 Å². The number of hydrogen-bond donors (Lipinski definition) is 0. The fraction of sp³-hybridized carbons (Fsp3) is 0.500. The Labute approximate surface area is 74.4 Å². The molecule has 0 aliphatic rings. The van der Waals surface area contributed by atoms with Crippen LogP contribution in [0.2, 0.25) is 0 Å². The summed E-state index contributed by atoms with van der Waals surface area (Å²) >= 11 is 0. The Hall–Kier alpha value is -1.26. The lowest BCUT2D eigenvalue weighted by molar-refractivity contribution is 0.00345. The van der Waals surface area contributed by atoms with E-state index in [1.165, 1.54) is 19.4 Å². The number of nitrogens with zero attached hydrogens (tertiary/aromatic N) is 2. The van der Waals surface area contributed by atoms with Gasteiger partial charge in [0.1, 0.15) is 5.69 Å². The van der Waals surface area contributed by atoms with Crippen LogP contribution in [0.1, 0.15) is 24.3 Å². The van der Waals surface area contributed by atoms with E-state index in [1.54, 1.807) is 0 Å². The number of carbonyl (C=O) groups is 1. The summed E-state index contributed by atoms with van der Waals surface area (Å²) < 4.78 is 26.3. The lowest BCUT2D eigenvalue weighted by atomic mass is 10.3. The number of aromatic nitrogens is 2. The van der Waals surface area contributed by atoms with Gasteiger partial charge in [-0.15, -0.1) is 0 Å². The molecule has 0 bridgehead atoms. The predicted octanol–water partition coefficient (Wildman–Crippen LogP) is 1.74. The monoisotopic (exact) mass is 188 g/mol. The van der Waals surface area contributed by atoms with Gasteiger partial charge in [0, 0.05) is 13.8 Å². The van der Waals surface area contributed by atoms with Crippen LogP contribution in [0.25, 0.3) is 0 Å². The van der Waals surface area contributed by atoms with E-state index in [-0.39, 0.29) is 11.5 Å². The lowest BCUT2D eigenvalue weighted by Crippen LogP contribution is -2.21. The number of rotatable bonds is 3. The Balaban J connectivity index is 2.89. The average molecular weight is 188 g/mol. The Morgan fingerprint density at radius 1 is 1.69 bits per heavy atom. The standard InChI is InChI=1S/C8H10F2N2O/c1-6(13)7-3-11-5-12(7)4-8(2,9)10/h3,5H,4H2,1-2H3. The van der Waals surface area contributed by atoms with Crippen LogP contribution in [0.3, 0.4) is 0 Å². The minimum atomic E-state index is -2.83. The predicted molar refractivity (Wildman–Crippen MR) is 42.9 cm³/mol. The summed E-state index contributed by atoms with van der Waals surface area (Å²) in [6.45, 7) is 1.61. The zero-order valence-corrected chi connectivity index (χ0v) is 7.42. The average Bonchev–Trinajstić information content (AvgIpc) is 2.31. The summed E-state index contributed by atoms with van der Waals surface area (Å²) in [5.74, 6) is -3.09. The van der Waals surface area contributed by atoms with Crippen LogP contribution in [0.5, 0.6) is 0 Å². The smallest absolute Gasteiger partial charge is 0.262 e. The van der Waals surface area contributed by atoms with E-state index < -0.39 is 12.5 Å². The van der Waals surface area contributed by atoms with Gasteiger partial charge in [-0.2, -0.15) is 0 Å². The zero-order valence-electron chi connectivity index (χ0n) is 7.42. The van der Waals surface area contributed by atoms with Crippen molar-refractivity contribution in [2.24, 2.45) is 0 Å². The summed E-state index contributed by atoms with van der Waals surface area (Å²) in [5.41, 5.74) is 0.210. The third-order valence-electron chi connectivity index (χ3n) is 1.52. The van der Waals surface area contributed by atoms with Crippen LogP contribution < -0.4 is 0 Å². The second-order valence-corrected chi connectivity index (χ2v) is 3.03. The molecular formula is C8H10F2N2O. The van der Waals surface area contributed by atoms with Crippen LogP contribution in [0.15, 0.2) is 12.5 Å². The van der Waals surface area contributed by atoms with E-state index in [1.807, 2.05) is 0 Å². The first kappa shape index (κ1) is 9.83. The number of carbonyl (C=O) groups excluding carboxylic acids is 1. The van der Waals surface area contributed by atoms with Gasteiger partial charge >= 0.3 is 0 Å². The van der Waals surface area contributed by atoms with E-state index in [0.29, 0.717) is 0 Å². The second kappa shape index (κ2) is 3.24. The number of hydrogen-bond acceptors (Lipinski definition) is 2. The third-order valence-corrected chi connectivity index (χ3v) is 1.52. The third kappa shape index (κ3) is 2.61. The van der Waals surface area contributed by atoms with Gasteiger partial charge in [-0.25, -0.2) is 13.8 Å². The fourth-order valence-corrected chi connectivity index (χ4v) is 1.04. The summed E-state index contributed by atoms with van der Waals surface area (Å²) in [7, 11) is 0. The summed E-state index contributed by atoms with van der Waals surface area (Å²) in [5, 5.41) is 0. The van der Waals surface area contributed by atoms with Crippen molar-refractivity contribution < 1.29 is 13.6 Å². The normalized spacial score (nSPS) is 11.7. The SMILES string of the molecule is CC(=O)c1cncn1CC(C)(F)F. The molecule has 0 aliphatic carbocycles. The molecular weight excluding hydrogens is 178 g/mol. The van der Waals surface area contributed by atoms with Crippen molar-refractivity contribution in [3.8, 4) is 0 Å². The van der Waals surface area contributed by atoms with Crippen molar-refractivity contribution in [1.82, 2.24) is 9.55 Å². The topological polar surface area (TPSA) is 34.9 Å². The van der Waals surface area contributed by atoms with Crippen molar-refractivity contribution in [1.29, 1.82) is 0 Å². The van der Waals surface area contributed by atoms with Gasteiger partial charge in [0.15, 0.2) is 5.78 Å². The molecule has 5 heteroatoms. The van der Waals surface area contributed by atoms with Crippen LogP contribution in [0, 0.1) is 0 Å². The van der Waals surface area contributed by atoms with Crippen molar-refractivity contribution in [2.45, 2.75) is 26.3 Å². The molecule has 0 aromatic carbocycles. The van der Waals surface area contributed by atoms with E-state index >= 15 is 0 Å². The molecule has 0 atom stereocenters. The zero-order chi connectivity index (χ0) is 10.1. The van der Waals surface area contributed by atoms with E-state index in [4.69, 9.17) is 0 Å². The molecule has 1 heterocycles. The molecule has 1 rings (SSSR count). The van der Waals surface area contributed by atoms with Gasteiger partial charge in [-0.05, 0) is 0 Å². The van der Waals surface area contributed by atoms with E-state index in [9.17, 15) is 13.6 Å². The van der Waals surface area contributed by atoms with Crippen LogP contribution >= 0.6 is 0 Å². The highest BCUT2D eigenvalue weighted by molar-refractivity contribution is 5.92. The Kier molecular flexibility index (Phi) is 2.45. The number of alkyl halides is 2. The van der Waals surface area contributed by atoms with E-state index in [2.05, 4.69) is 4.98 Å². The number of halogens is 2. The highest BCUT2D eigenvalue weighted by Crippen LogP contribution is 2.15. The molecule has 0 fully saturated rings. The van der Waals surface area contributed by atoms with E-state index in [0.717, 1.165) is 11.5 Å². The first-order valence-corrected chi connectivity index (χ1v) is 3.79. The maximum atomic E-state index is 12.6. The quantitative estimate of drug-likeness (QED) is 0.677. The molecule has 3 nitrogen and oxygen atoms in total. The van der Waals surface area contributed by atoms with Crippen molar-refractivity contribution in [3.05, 3.63) is 18.2 Å². The van der Waals surface area contributed by atoms with Gasteiger partial charge in [0.2, 0.25) is 0 Å². The minimum Gasteiger partial charge on any atom is -0.322 e. The summed E-state index contributed by atoms with van der Waals surface area (Å²) in [6, 6.07) is 0. The molecule has 0 aliphatic heterocycles. The molecule has 72 valence electrons. The maximum absolute atomic E-state index is 12.6. The number of Topliss-reactive ketones (excluding diaryl/α,β-unsaturated/α-hetero) is 1. The fourth-order valence-electron chi connectivity index (χ4n) is 1.04. The molecule has 13 heavy (non-hydrogen) atoms. The molecule has 0 saturated heterocycles. The second-order valence-electron chi connectivity index (χ2n) is 3.03. The summed E-state index contributed by atoms with van der Waals surface area (Å²) in [4.78, 5) is 14.5. The molecule has 1 aromatic rings. The lowest BCUT2D eigenvalue weighted by Gasteiger charge is -2.12. The molecule has 1 aromatic heterocycles. The van der Waals surface area contributed by atoms with Crippen molar-refractivity contribution >= 4 is 5.78 Å². The Morgan fingerprint density at radius 2 is 2.31 bits per heavy atom. The molecule has 0 N–H and O–H groups in total. The summed E-state index contributed by atoms with van der Waals surface area (Å²) in [6.07, 6.45) is 2.52. The number of ketones is 1. The highest BCUT2D eigenvalue weighted by atomic mass is 19.3. The first-order valence-electron chi connectivity index (χ1n) is 3.79. The van der Waals surface area contributed by atoms with Gasteiger partial charge in [0.05, 0.1) is 19.1 Å². The minimum absolute atomic E-state index is 0.210. The van der Waals surface area contributed by atoms with Gasteiger partial charge < -0.3 is 4.57 Å². The maximum Gasteiger partial charge on any atom is 0.262 e. The molecule has 0 unspecified atom stereocenters. The highest BCUT2D eigenvalue weighted by Gasteiger charge is 2.23. The molecule has 0 radical (unpaired) electrons. The van der Waals surface area contributed by atoms with Crippen molar-refractivity contribution in [2.75, 3.05) is 0 Å².